The van der Waals surface area contributed by atoms with Crippen LogP contribution in [0.15, 0.2) is 11.6 Å². The SMILES string of the molecule is CC1(C)CC[C@]2(C)CC[C@]3(C(=O)O)C(=CC[C@@H]4[C@@]5(C)CC[C@@H](O)C(C)(CO)C5CC[C@]43C)[C@H]2C1. The van der Waals surface area contributed by atoms with Crippen molar-refractivity contribution in [1.29, 1.82) is 0 Å². The van der Waals surface area contributed by atoms with Gasteiger partial charge in [0.1, 0.15) is 0 Å². The summed E-state index contributed by atoms with van der Waals surface area (Å²) in [5.41, 5.74) is 0.0886. The number of carbonyl (C=O) groups is 1. The average Bonchev–Trinajstić information content (AvgIpc) is 2.76. The number of aliphatic carboxylic acids is 1. The Bertz CT molecular complexity index is 907. The molecule has 0 aromatic carbocycles. The second-order valence-electron chi connectivity index (χ2n) is 15.0. The van der Waals surface area contributed by atoms with Gasteiger partial charge in [0.15, 0.2) is 0 Å². The summed E-state index contributed by atoms with van der Waals surface area (Å²) < 4.78 is 0. The maximum Gasteiger partial charge on any atom is 0.314 e. The molecule has 0 heterocycles. The van der Waals surface area contributed by atoms with Crippen molar-refractivity contribution in [1.82, 2.24) is 0 Å². The van der Waals surface area contributed by atoms with Crippen LogP contribution in [0.1, 0.15) is 106 Å². The maximum absolute atomic E-state index is 13.5. The highest BCUT2D eigenvalue weighted by Crippen LogP contribution is 2.75. The second kappa shape index (κ2) is 7.34. The van der Waals surface area contributed by atoms with Crippen LogP contribution in [-0.4, -0.2) is 34.0 Å². The van der Waals surface area contributed by atoms with Crippen molar-refractivity contribution < 1.29 is 20.1 Å². The third-order valence-electron chi connectivity index (χ3n) is 13.0. The quantitative estimate of drug-likeness (QED) is 0.418. The van der Waals surface area contributed by atoms with Gasteiger partial charge in [0.05, 0.1) is 18.1 Å². The predicted octanol–water partition coefficient (Wildman–Crippen LogP) is 6.21. The zero-order valence-electron chi connectivity index (χ0n) is 22.4. The summed E-state index contributed by atoms with van der Waals surface area (Å²) in [6.45, 7) is 13.9. The maximum atomic E-state index is 13.5. The van der Waals surface area contributed by atoms with Crippen LogP contribution < -0.4 is 0 Å². The molecule has 0 spiro atoms. The van der Waals surface area contributed by atoms with E-state index >= 15 is 0 Å². The molecule has 0 aromatic heterocycles. The minimum absolute atomic E-state index is 0.00146. The lowest BCUT2D eigenvalue weighted by Crippen LogP contribution is -2.67. The molecule has 34 heavy (non-hydrogen) atoms. The van der Waals surface area contributed by atoms with Crippen molar-refractivity contribution >= 4 is 5.97 Å². The van der Waals surface area contributed by atoms with E-state index in [-0.39, 0.29) is 40.1 Å². The number of hydrogen-bond donors (Lipinski definition) is 3. The van der Waals surface area contributed by atoms with E-state index < -0.39 is 22.9 Å². The Hall–Kier alpha value is -0.870. The van der Waals surface area contributed by atoms with E-state index in [1.165, 1.54) is 18.4 Å². The Kier molecular flexibility index (Phi) is 5.36. The average molecular weight is 473 g/mol. The zero-order chi connectivity index (χ0) is 24.9. The van der Waals surface area contributed by atoms with Gasteiger partial charge >= 0.3 is 5.97 Å². The Balaban J connectivity index is 1.64. The Morgan fingerprint density at radius 2 is 1.62 bits per heavy atom. The monoisotopic (exact) mass is 472 g/mol. The van der Waals surface area contributed by atoms with Crippen molar-refractivity contribution in [3.05, 3.63) is 11.6 Å². The molecule has 0 radical (unpaired) electrons. The largest absolute Gasteiger partial charge is 0.481 e. The Labute approximate surface area is 206 Å². The number of rotatable bonds is 2. The lowest BCUT2D eigenvalue weighted by Gasteiger charge is -2.70. The number of aliphatic hydroxyl groups is 2. The first-order valence-corrected chi connectivity index (χ1v) is 13.9. The molecule has 0 aliphatic heterocycles. The third kappa shape index (κ3) is 2.88. The Morgan fingerprint density at radius 1 is 0.941 bits per heavy atom. The third-order valence-corrected chi connectivity index (χ3v) is 13.0. The fraction of sp³-hybridized carbons (Fsp3) is 0.900. The Morgan fingerprint density at radius 3 is 2.26 bits per heavy atom. The lowest BCUT2D eigenvalue weighted by atomic mass is 9.33. The molecule has 4 fully saturated rings. The van der Waals surface area contributed by atoms with Crippen molar-refractivity contribution in [3.63, 3.8) is 0 Å². The van der Waals surface area contributed by atoms with Crippen molar-refractivity contribution in [2.24, 2.45) is 50.2 Å². The highest BCUT2D eigenvalue weighted by molar-refractivity contribution is 5.81. The highest BCUT2D eigenvalue weighted by atomic mass is 16.4. The summed E-state index contributed by atoms with van der Waals surface area (Å²) >= 11 is 0. The topological polar surface area (TPSA) is 77.8 Å². The summed E-state index contributed by atoms with van der Waals surface area (Å²) in [5, 5.41) is 32.4. The van der Waals surface area contributed by atoms with Gasteiger partial charge in [-0.2, -0.15) is 0 Å². The smallest absolute Gasteiger partial charge is 0.314 e. The van der Waals surface area contributed by atoms with E-state index in [0.717, 1.165) is 44.9 Å². The molecule has 0 aromatic rings. The van der Waals surface area contributed by atoms with Crippen molar-refractivity contribution in [2.75, 3.05) is 6.61 Å². The molecule has 4 nitrogen and oxygen atoms in total. The fourth-order valence-electron chi connectivity index (χ4n) is 10.7. The molecule has 2 unspecified atom stereocenters. The lowest BCUT2D eigenvalue weighted by molar-refractivity contribution is -0.222. The molecule has 4 heteroatoms. The number of carboxylic acids is 1. The molecule has 5 aliphatic rings. The van der Waals surface area contributed by atoms with Crippen LogP contribution in [0.3, 0.4) is 0 Å². The fourth-order valence-corrected chi connectivity index (χ4v) is 10.7. The van der Waals surface area contributed by atoms with E-state index in [4.69, 9.17) is 0 Å². The van der Waals surface area contributed by atoms with Gasteiger partial charge in [0.25, 0.3) is 0 Å². The van der Waals surface area contributed by atoms with Gasteiger partial charge in [-0.25, -0.2) is 0 Å². The van der Waals surface area contributed by atoms with Gasteiger partial charge in [-0.15, -0.1) is 0 Å². The van der Waals surface area contributed by atoms with Crippen LogP contribution in [0.5, 0.6) is 0 Å². The highest BCUT2D eigenvalue weighted by Gasteiger charge is 2.72. The molecule has 5 aliphatic carbocycles. The number of aliphatic hydroxyl groups excluding tert-OH is 2. The summed E-state index contributed by atoms with van der Waals surface area (Å²) in [4.78, 5) is 13.5. The van der Waals surface area contributed by atoms with Crippen LogP contribution in [0.2, 0.25) is 0 Å². The van der Waals surface area contributed by atoms with Gasteiger partial charge in [0, 0.05) is 5.41 Å². The van der Waals surface area contributed by atoms with Gasteiger partial charge in [-0.1, -0.05) is 53.2 Å². The summed E-state index contributed by atoms with van der Waals surface area (Å²) in [6.07, 6.45) is 11.5. The first kappa shape index (κ1) is 24.8. The van der Waals surface area contributed by atoms with Gasteiger partial charge in [-0.05, 0) is 104 Å². The minimum Gasteiger partial charge on any atom is -0.481 e. The van der Waals surface area contributed by atoms with E-state index in [0.29, 0.717) is 12.3 Å². The first-order valence-electron chi connectivity index (χ1n) is 13.9. The van der Waals surface area contributed by atoms with E-state index in [9.17, 15) is 20.1 Å². The molecular weight excluding hydrogens is 424 g/mol. The number of hydrogen-bond acceptors (Lipinski definition) is 3. The summed E-state index contributed by atoms with van der Waals surface area (Å²) in [5.74, 6) is 0.243. The minimum atomic E-state index is -0.785. The number of carboxylic acid groups (broad SMARTS) is 1. The van der Waals surface area contributed by atoms with Crippen LogP contribution in [0, 0.1) is 50.2 Å². The van der Waals surface area contributed by atoms with Gasteiger partial charge < -0.3 is 15.3 Å². The molecule has 0 bridgehead atoms. The van der Waals surface area contributed by atoms with Crippen LogP contribution in [0.4, 0.5) is 0 Å². The molecule has 3 N–H and O–H groups in total. The van der Waals surface area contributed by atoms with E-state index in [1.54, 1.807) is 0 Å². The molecule has 5 rings (SSSR count). The predicted molar refractivity (Wildman–Crippen MR) is 134 cm³/mol. The van der Waals surface area contributed by atoms with E-state index in [2.05, 4.69) is 47.6 Å². The molecule has 9 atom stereocenters. The molecule has 192 valence electrons. The molecule has 4 saturated carbocycles. The molecule has 0 amide bonds. The van der Waals surface area contributed by atoms with Crippen LogP contribution in [0.25, 0.3) is 0 Å². The normalized spacial score (nSPS) is 54.1. The van der Waals surface area contributed by atoms with Crippen molar-refractivity contribution in [2.45, 2.75) is 112 Å². The second-order valence-corrected chi connectivity index (χ2v) is 15.0. The standard InChI is InChI=1S/C30H48O4/c1-25(2)13-14-26(3)15-16-30(24(33)34)19(20(26)17-25)7-8-22-27(4)11-10-23(32)28(5,18-31)21(27)9-12-29(22,30)6/h7,20-23,31-32H,8-18H2,1-6H3,(H,33,34)/t20-,21?,22-,23-,26-,27+,28?,29-,30-/m1/s1. The first-order chi connectivity index (χ1) is 15.7. The summed E-state index contributed by atoms with van der Waals surface area (Å²) in [7, 11) is 0. The molecular formula is C30H48O4. The number of allylic oxidation sites excluding steroid dienone is 1. The van der Waals surface area contributed by atoms with Gasteiger partial charge in [0.2, 0.25) is 0 Å². The van der Waals surface area contributed by atoms with E-state index in [1.807, 2.05) is 0 Å². The van der Waals surface area contributed by atoms with Crippen LogP contribution in [-0.2, 0) is 4.79 Å². The summed E-state index contributed by atoms with van der Waals surface area (Å²) in [6, 6.07) is 0. The zero-order valence-corrected chi connectivity index (χ0v) is 22.4. The van der Waals surface area contributed by atoms with Crippen LogP contribution >= 0.6 is 0 Å². The van der Waals surface area contributed by atoms with Crippen molar-refractivity contribution in [3.8, 4) is 0 Å². The number of fused-ring (bicyclic) bond motifs is 7. The van der Waals surface area contributed by atoms with Gasteiger partial charge in [-0.3, -0.25) is 4.79 Å². The molecule has 0 saturated heterocycles.